The summed E-state index contributed by atoms with van der Waals surface area (Å²) in [5.41, 5.74) is -0.307. The van der Waals surface area contributed by atoms with Gasteiger partial charge in [0.15, 0.2) is 5.54 Å². The largest absolute Gasteiger partial charge is 0.322 e. The molecule has 0 spiro atoms. The van der Waals surface area contributed by atoms with Crippen LogP contribution in [0.25, 0.3) is 0 Å². The van der Waals surface area contributed by atoms with Crippen LogP contribution >= 0.6 is 0 Å². The smallest absolute Gasteiger partial charge is 0.319 e. The van der Waals surface area contributed by atoms with E-state index in [0.29, 0.717) is 0 Å². The van der Waals surface area contributed by atoms with Crippen LogP contribution in [0, 0.1) is 5.92 Å². The van der Waals surface area contributed by atoms with Crippen molar-refractivity contribution in [1.29, 1.82) is 0 Å². The summed E-state index contributed by atoms with van der Waals surface area (Å²) >= 11 is 0. The lowest BCUT2D eigenvalue weighted by Gasteiger charge is -2.40. The number of nitrogens with one attached hydrogen (secondary N) is 2. The maximum atomic E-state index is 12.8. The van der Waals surface area contributed by atoms with Gasteiger partial charge >= 0.3 is 6.03 Å². The number of carbonyl (C=O) groups excluding carboxylic acids is 2. The predicted molar refractivity (Wildman–Crippen MR) is 96.3 cm³/mol. The van der Waals surface area contributed by atoms with Gasteiger partial charge in [0.1, 0.15) is 12.2 Å². The van der Waals surface area contributed by atoms with Gasteiger partial charge in [-0.2, -0.15) is 5.10 Å². The number of hydrogen-bond donors (Lipinski definition) is 2. The fourth-order valence-corrected chi connectivity index (χ4v) is 4.19. The van der Waals surface area contributed by atoms with Gasteiger partial charge in [0, 0.05) is 24.5 Å². The van der Waals surface area contributed by atoms with Gasteiger partial charge in [-0.3, -0.25) is 20.0 Å². The first-order chi connectivity index (χ1) is 13.1. The van der Waals surface area contributed by atoms with Crippen molar-refractivity contribution in [3.63, 3.8) is 0 Å². The zero-order valence-electron chi connectivity index (χ0n) is 15.3. The molecule has 2 saturated heterocycles. The van der Waals surface area contributed by atoms with Gasteiger partial charge in [0.05, 0.1) is 6.54 Å². The van der Waals surface area contributed by atoms with Gasteiger partial charge in [-0.15, -0.1) is 0 Å². The minimum absolute atomic E-state index is 0.00782. The normalized spacial score (nSPS) is 24.0. The standard InChI is InChI=1S/C18H23N7O2/c1-2-25-15(20-12-21-25)11-24-8-5-13(6-9-24)18(14-4-3-7-19-10-14)16(26)22-17(27)23-18/h3-4,7,10,12-13H,2,5-6,8-9,11H2,1H3,(H2,22,23,26,27)/t18-/m0/s1. The Morgan fingerprint density at radius 3 is 2.74 bits per heavy atom. The zero-order valence-corrected chi connectivity index (χ0v) is 15.3. The molecule has 0 aromatic carbocycles. The fraction of sp³-hybridized carbons (Fsp3) is 0.500. The van der Waals surface area contributed by atoms with Crippen molar-refractivity contribution in [2.24, 2.45) is 5.92 Å². The van der Waals surface area contributed by atoms with Crippen LogP contribution in [0.3, 0.4) is 0 Å². The molecule has 27 heavy (non-hydrogen) atoms. The molecule has 0 unspecified atom stereocenters. The molecule has 4 rings (SSSR count). The second kappa shape index (κ2) is 7.07. The number of imide groups is 1. The van der Waals surface area contributed by atoms with Crippen molar-refractivity contribution >= 4 is 11.9 Å². The topological polar surface area (TPSA) is 105 Å². The molecule has 0 saturated carbocycles. The molecule has 4 heterocycles. The number of aromatic nitrogens is 4. The van der Waals surface area contributed by atoms with Crippen LogP contribution in [0.2, 0.25) is 0 Å². The minimum atomic E-state index is -1.04. The lowest BCUT2D eigenvalue weighted by Crippen LogP contribution is -2.53. The van der Waals surface area contributed by atoms with Gasteiger partial charge in [-0.25, -0.2) is 14.5 Å². The van der Waals surface area contributed by atoms with E-state index in [2.05, 4.69) is 30.6 Å². The van der Waals surface area contributed by atoms with E-state index in [-0.39, 0.29) is 11.8 Å². The van der Waals surface area contributed by atoms with E-state index >= 15 is 0 Å². The summed E-state index contributed by atoms with van der Waals surface area (Å²) in [5.74, 6) is 0.669. The van der Waals surface area contributed by atoms with Crippen LogP contribution in [0.4, 0.5) is 4.79 Å². The van der Waals surface area contributed by atoms with Gasteiger partial charge in [-0.05, 0) is 44.8 Å². The van der Waals surface area contributed by atoms with Crippen LogP contribution in [0.15, 0.2) is 30.9 Å². The van der Waals surface area contributed by atoms with Gasteiger partial charge in [0.25, 0.3) is 5.91 Å². The highest BCUT2D eigenvalue weighted by Gasteiger charge is 2.53. The van der Waals surface area contributed by atoms with Gasteiger partial charge < -0.3 is 5.32 Å². The van der Waals surface area contributed by atoms with E-state index in [1.807, 2.05) is 17.7 Å². The molecule has 2 aliphatic heterocycles. The summed E-state index contributed by atoms with van der Waals surface area (Å²) in [6.07, 6.45) is 6.51. The van der Waals surface area contributed by atoms with Gasteiger partial charge in [-0.1, -0.05) is 6.07 Å². The van der Waals surface area contributed by atoms with E-state index in [1.54, 1.807) is 24.8 Å². The number of piperidine rings is 1. The number of urea groups is 1. The second-order valence-electron chi connectivity index (χ2n) is 7.00. The minimum Gasteiger partial charge on any atom is -0.319 e. The third-order valence-corrected chi connectivity index (χ3v) is 5.57. The van der Waals surface area contributed by atoms with Crippen molar-refractivity contribution < 1.29 is 9.59 Å². The quantitative estimate of drug-likeness (QED) is 0.750. The first-order valence-corrected chi connectivity index (χ1v) is 9.26. The van der Waals surface area contributed by atoms with Crippen LogP contribution in [0.5, 0.6) is 0 Å². The average Bonchev–Trinajstić information content (AvgIpc) is 3.26. The highest BCUT2D eigenvalue weighted by molar-refractivity contribution is 6.07. The van der Waals surface area contributed by atoms with Gasteiger partial charge in [0.2, 0.25) is 0 Å². The number of nitrogens with zero attached hydrogens (tertiary/aromatic N) is 5. The number of aryl methyl sites for hydroxylation is 1. The highest BCUT2D eigenvalue weighted by atomic mass is 16.2. The molecule has 3 amide bonds. The maximum Gasteiger partial charge on any atom is 0.322 e. The third-order valence-electron chi connectivity index (χ3n) is 5.57. The van der Waals surface area contributed by atoms with Crippen LogP contribution in [-0.2, 0) is 23.4 Å². The Kier molecular flexibility index (Phi) is 4.61. The summed E-state index contributed by atoms with van der Waals surface area (Å²) < 4.78 is 1.90. The fourth-order valence-electron chi connectivity index (χ4n) is 4.19. The number of amides is 3. The number of rotatable bonds is 5. The Balaban J connectivity index is 1.51. The molecule has 2 aliphatic rings. The molecule has 0 bridgehead atoms. The Hall–Kier alpha value is -2.81. The van der Waals surface area contributed by atoms with E-state index < -0.39 is 11.6 Å². The second-order valence-corrected chi connectivity index (χ2v) is 7.00. The number of likely N-dealkylation sites (tertiary alicyclic amines) is 1. The molecule has 2 N–H and O–H groups in total. The Morgan fingerprint density at radius 1 is 1.30 bits per heavy atom. The van der Waals surface area contributed by atoms with E-state index in [4.69, 9.17) is 0 Å². The molecule has 0 radical (unpaired) electrons. The SMILES string of the molecule is CCn1ncnc1CN1CCC([C@@]2(c3cccnc3)NC(=O)NC2=O)CC1. The Labute approximate surface area is 157 Å². The molecule has 0 aliphatic carbocycles. The molecule has 2 aromatic rings. The van der Waals surface area contributed by atoms with Crippen molar-refractivity contribution in [2.45, 2.75) is 38.4 Å². The summed E-state index contributed by atoms with van der Waals surface area (Å²) in [6.45, 7) is 5.23. The molecular formula is C18H23N7O2. The molecular weight excluding hydrogens is 346 g/mol. The van der Waals surface area contributed by atoms with Crippen LogP contribution in [-0.4, -0.2) is 49.7 Å². The lowest BCUT2D eigenvalue weighted by atomic mass is 9.73. The van der Waals surface area contributed by atoms with E-state index in [0.717, 1.165) is 50.4 Å². The molecule has 9 heteroatoms. The Morgan fingerprint density at radius 2 is 2.11 bits per heavy atom. The van der Waals surface area contributed by atoms with E-state index in [9.17, 15) is 9.59 Å². The summed E-state index contributed by atoms with van der Waals surface area (Å²) in [5, 5.41) is 9.53. The number of pyridine rings is 1. The summed E-state index contributed by atoms with van der Waals surface area (Å²) in [6, 6.07) is 3.21. The highest BCUT2D eigenvalue weighted by Crippen LogP contribution is 2.38. The van der Waals surface area contributed by atoms with Crippen molar-refractivity contribution in [3.05, 3.63) is 42.2 Å². The molecule has 2 aromatic heterocycles. The number of carbonyl (C=O) groups is 2. The van der Waals surface area contributed by atoms with Crippen molar-refractivity contribution in [2.75, 3.05) is 13.1 Å². The monoisotopic (exact) mass is 369 g/mol. The zero-order chi connectivity index (χ0) is 18.9. The molecule has 9 nitrogen and oxygen atoms in total. The predicted octanol–water partition coefficient (Wildman–Crippen LogP) is 0.640. The maximum absolute atomic E-state index is 12.8. The molecule has 2 fully saturated rings. The Bertz CT molecular complexity index is 829. The first-order valence-electron chi connectivity index (χ1n) is 9.26. The van der Waals surface area contributed by atoms with Crippen molar-refractivity contribution in [1.82, 2.24) is 35.3 Å². The first kappa shape index (κ1) is 17.6. The van der Waals surface area contributed by atoms with E-state index in [1.165, 1.54) is 0 Å². The number of hydrogen-bond acceptors (Lipinski definition) is 6. The van der Waals surface area contributed by atoms with Crippen molar-refractivity contribution in [3.8, 4) is 0 Å². The summed E-state index contributed by atoms with van der Waals surface area (Å²) in [4.78, 5) is 35.5. The third kappa shape index (κ3) is 3.08. The van der Waals surface area contributed by atoms with Crippen LogP contribution in [0.1, 0.15) is 31.2 Å². The molecule has 142 valence electrons. The molecule has 1 atom stereocenters. The lowest BCUT2D eigenvalue weighted by molar-refractivity contribution is -0.127. The summed E-state index contributed by atoms with van der Waals surface area (Å²) in [7, 11) is 0. The van der Waals surface area contributed by atoms with Crippen LogP contribution < -0.4 is 10.6 Å². The average molecular weight is 369 g/mol.